The van der Waals surface area contributed by atoms with Gasteiger partial charge < -0.3 is 9.47 Å². The molecule has 0 aromatic heterocycles. The van der Waals surface area contributed by atoms with Crippen molar-refractivity contribution in [1.82, 2.24) is 10.2 Å². The highest BCUT2D eigenvalue weighted by atomic mass is 31.2. The number of rotatable bonds is 12. The number of ether oxygens (including phenoxy) is 2. The summed E-state index contributed by atoms with van der Waals surface area (Å²) in [6.07, 6.45) is 7.58. The summed E-state index contributed by atoms with van der Waals surface area (Å²) in [5.41, 5.74) is 2.77. The van der Waals surface area contributed by atoms with Gasteiger partial charge in [-0.1, -0.05) is 44.8 Å². The number of hydrogen-bond donors (Lipinski definition) is 1. The number of hydrazine groups is 1. The molecule has 6 nitrogen and oxygen atoms in total. The number of carbonyl (C=O) groups excluding carboxylic acids is 2. The lowest BCUT2D eigenvalue weighted by atomic mass is 10.4. The van der Waals surface area contributed by atoms with Crippen LogP contribution in [0.2, 0.25) is 0 Å². The van der Waals surface area contributed by atoms with E-state index >= 15 is 0 Å². The molecule has 1 N–H and O–H groups in total. The summed E-state index contributed by atoms with van der Waals surface area (Å²) in [6, 6.07) is 0. The fourth-order valence-electron chi connectivity index (χ4n) is 2.90. The quantitative estimate of drug-likeness (QED) is 0.309. The molecule has 0 fully saturated rings. The first-order valence-corrected chi connectivity index (χ1v) is 12.9. The Bertz CT molecular complexity index is 408. The van der Waals surface area contributed by atoms with Gasteiger partial charge in [-0.25, -0.2) is 9.59 Å². The van der Waals surface area contributed by atoms with Gasteiger partial charge in [-0.15, -0.1) is 0 Å². The van der Waals surface area contributed by atoms with Gasteiger partial charge in [-0.3, -0.25) is 0 Å². The van der Waals surface area contributed by atoms with Gasteiger partial charge >= 0.3 is 12.2 Å². The standard InChI is InChI=1S/C20H41N2O4P/c1-8-11-14-27(15-12-9-2,16-13-10-3)22(20(24)26-18(6)7)21-19(23)25-17(4)5/h17-18H,8-16H2,1-7H3/p+1. The van der Waals surface area contributed by atoms with Crippen LogP contribution in [-0.2, 0) is 9.47 Å². The van der Waals surface area contributed by atoms with Crippen molar-refractivity contribution in [2.75, 3.05) is 18.5 Å². The highest BCUT2D eigenvalue weighted by Crippen LogP contribution is 2.63. The van der Waals surface area contributed by atoms with E-state index in [-0.39, 0.29) is 12.2 Å². The van der Waals surface area contributed by atoms with Crippen molar-refractivity contribution in [2.24, 2.45) is 0 Å². The lowest BCUT2D eigenvalue weighted by Gasteiger charge is -2.36. The topological polar surface area (TPSA) is 67.9 Å². The second-order valence-electron chi connectivity index (χ2n) is 7.64. The third kappa shape index (κ3) is 10.2. The Morgan fingerprint density at radius 2 is 1.22 bits per heavy atom. The molecular weight excluding hydrogens is 363 g/mol. The Balaban J connectivity index is 5.83. The first-order valence-electron chi connectivity index (χ1n) is 10.6. The smallest absolute Gasteiger partial charge is 0.446 e. The average Bonchev–Trinajstić information content (AvgIpc) is 2.58. The van der Waals surface area contributed by atoms with Crippen LogP contribution in [0.25, 0.3) is 0 Å². The van der Waals surface area contributed by atoms with Crippen LogP contribution in [-0.4, -0.2) is 47.7 Å². The maximum Gasteiger partial charge on any atom is 0.461 e. The van der Waals surface area contributed by atoms with Gasteiger partial charge in [0.2, 0.25) is 0 Å². The van der Waals surface area contributed by atoms with Crippen molar-refractivity contribution >= 4 is 19.6 Å². The molecule has 0 saturated carbocycles. The molecule has 160 valence electrons. The minimum absolute atomic E-state index is 0.242. The molecule has 0 aliphatic carbocycles. The zero-order valence-electron chi connectivity index (χ0n) is 18.5. The van der Waals surface area contributed by atoms with Crippen molar-refractivity contribution in [3.8, 4) is 0 Å². The van der Waals surface area contributed by atoms with Crippen molar-refractivity contribution < 1.29 is 19.1 Å². The van der Waals surface area contributed by atoms with Crippen LogP contribution in [0.4, 0.5) is 9.59 Å². The molecule has 0 heterocycles. The molecule has 0 unspecified atom stereocenters. The molecule has 0 saturated heterocycles. The minimum Gasteiger partial charge on any atom is -0.446 e. The van der Waals surface area contributed by atoms with Crippen LogP contribution >= 0.6 is 7.41 Å². The summed E-state index contributed by atoms with van der Waals surface area (Å²) in [5.74, 6) is 0. The first kappa shape index (κ1) is 26.0. The number of nitrogens with one attached hydrogen (secondary N) is 1. The van der Waals surface area contributed by atoms with E-state index in [1.54, 1.807) is 18.6 Å². The van der Waals surface area contributed by atoms with E-state index in [0.29, 0.717) is 0 Å². The van der Waals surface area contributed by atoms with Crippen LogP contribution in [0.5, 0.6) is 0 Å². The van der Waals surface area contributed by atoms with Crippen LogP contribution in [0.3, 0.4) is 0 Å². The lowest BCUT2D eigenvalue weighted by Crippen LogP contribution is -2.49. The zero-order valence-corrected chi connectivity index (χ0v) is 19.4. The van der Waals surface area contributed by atoms with E-state index in [2.05, 4.69) is 26.2 Å². The van der Waals surface area contributed by atoms with Crippen LogP contribution < -0.4 is 5.43 Å². The lowest BCUT2D eigenvalue weighted by molar-refractivity contribution is 0.0716. The summed E-state index contributed by atoms with van der Waals surface area (Å²) in [5, 5.41) is 0. The Morgan fingerprint density at radius 3 is 1.56 bits per heavy atom. The molecule has 27 heavy (non-hydrogen) atoms. The third-order valence-electron chi connectivity index (χ3n) is 4.26. The molecule has 0 bridgehead atoms. The molecule has 0 spiro atoms. The Kier molecular flexibility index (Phi) is 13.5. The van der Waals surface area contributed by atoms with Crippen LogP contribution in [0, 0.1) is 0 Å². The van der Waals surface area contributed by atoms with Crippen LogP contribution in [0.1, 0.15) is 87.0 Å². The molecule has 0 aliphatic rings. The highest BCUT2D eigenvalue weighted by molar-refractivity contribution is 7.74. The predicted octanol–water partition coefficient (Wildman–Crippen LogP) is 6.22. The van der Waals surface area contributed by atoms with Gasteiger partial charge in [0.1, 0.15) is 7.41 Å². The molecule has 0 aliphatic heterocycles. The SMILES string of the molecule is CCCC[P+](CCCC)(CCCC)N(NC(=O)OC(C)C)C(=O)OC(C)C. The average molecular weight is 406 g/mol. The van der Waals surface area contributed by atoms with E-state index in [0.717, 1.165) is 57.0 Å². The van der Waals surface area contributed by atoms with Gasteiger partial charge in [-0.05, 0) is 47.0 Å². The summed E-state index contributed by atoms with van der Waals surface area (Å²) < 4.78 is 12.3. The number of hydrogen-bond acceptors (Lipinski definition) is 4. The van der Waals surface area contributed by atoms with Crippen LogP contribution in [0.15, 0.2) is 0 Å². The van der Waals surface area contributed by atoms with E-state index in [4.69, 9.17) is 9.47 Å². The molecular formula is C20H42N2O4P+. The monoisotopic (exact) mass is 405 g/mol. The van der Waals surface area contributed by atoms with Crippen molar-refractivity contribution in [3.63, 3.8) is 0 Å². The molecule has 2 amide bonds. The summed E-state index contributed by atoms with van der Waals surface area (Å²) >= 11 is 0. The third-order valence-corrected chi connectivity index (χ3v) is 8.82. The van der Waals surface area contributed by atoms with Crippen molar-refractivity contribution in [2.45, 2.75) is 99.2 Å². The molecule has 0 radical (unpaired) electrons. The predicted molar refractivity (Wildman–Crippen MR) is 114 cm³/mol. The Hall–Kier alpha value is -1.03. The van der Waals surface area contributed by atoms with Gasteiger partial charge in [0.05, 0.1) is 30.7 Å². The van der Waals surface area contributed by atoms with E-state index in [1.807, 2.05) is 13.8 Å². The van der Waals surface area contributed by atoms with Crippen molar-refractivity contribution in [3.05, 3.63) is 0 Å². The zero-order chi connectivity index (χ0) is 20.9. The van der Waals surface area contributed by atoms with Crippen molar-refractivity contribution in [1.29, 1.82) is 0 Å². The van der Waals surface area contributed by atoms with Gasteiger partial charge in [0, 0.05) is 0 Å². The van der Waals surface area contributed by atoms with Gasteiger partial charge in [0.25, 0.3) is 0 Å². The summed E-state index contributed by atoms with van der Waals surface area (Å²) in [6.45, 7) is 13.7. The maximum absolute atomic E-state index is 13.0. The number of amides is 2. The Morgan fingerprint density at radius 1 is 0.815 bits per heavy atom. The van der Waals surface area contributed by atoms with E-state index in [9.17, 15) is 9.59 Å². The highest BCUT2D eigenvalue weighted by Gasteiger charge is 2.48. The molecule has 0 aromatic carbocycles. The normalized spacial score (nSPS) is 11.6. The molecule has 0 aromatic rings. The fourth-order valence-corrected chi connectivity index (χ4v) is 7.57. The first-order chi connectivity index (χ1) is 12.7. The second kappa shape index (κ2) is 14.0. The second-order valence-corrected chi connectivity index (χ2v) is 11.6. The molecule has 0 rings (SSSR count). The number of unbranched alkanes of at least 4 members (excludes halogenated alkanes) is 3. The maximum atomic E-state index is 13.0. The van der Waals surface area contributed by atoms with Gasteiger partial charge in [0.15, 0.2) is 0 Å². The van der Waals surface area contributed by atoms with E-state index < -0.39 is 19.6 Å². The fraction of sp³-hybridized carbons (Fsp3) is 0.900. The molecule has 7 heteroatoms. The largest absolute Gasteiger partial charge is 0.461 e. The van der Waals surface area contributed by atoms with E-state index in [1.165, 1.54) is 0 Å². The minimum atomic E-state index is -1.92. The summed E-state index contributed by atoms with van der Waals surface area (Å²) in [4.78, 5) is 25.3. The van der Waals surface area contributed by atoms with Gasteiger partial charge in [-0.2, -0.15) is 5.43 Å². The number of nitrogens with zero attached hydrogens (tertiary/aromatic N) is 1. The Labute approximate surface area is 167 Å². The molecule has 0 atom stereocenters. The summed E-state index contributed by atoms with van der Waals surface area (Å²) in [7, 11) is -1.92. The number of carbonyl (C=O) groups is 2.